The molecule has 126 valence electrons. The van der Waals surface area contributed by atoms with Gasteiger partial charge >= 0.3 is 6.03 Å². The highest BCUT2D eigenvalue weighted by Crippen LogP contribution is 2.16. The van der Waals surface area contributed by atoms with Gasteiger partial charge < -0.3 is 15.6 Å². The van der Waals surface area contributed by atoms with Crippen LogP contribution in [0.1, 0.15) is 27.8 Å². The van der Waals surface area contributed by atoms with Gasteiger partial charge in [-0.25, -0.2) is 14.8 Å². The number of nitrogens with one attached hydrogen (secondary N) is 3. The molecule has 0 aliphatic heterocycles. The Kier molecular flexibility index (Phi) is 5.10. The van der Waals surface area contributed by atoms with E-state index >= 15 is 0 Å². The lowest BCUT2D eigenvalue weighted by atomic mass is 10.3. The van der Waals surface area contributed by atoms with Crippen molar-refractivity contribution in [3.63, 3.8) is 0 Å². The number of imidazole rings is 1. The number of aromatic amines is 1. The van der Waals surface area contributed by atoms with Crippen LogP contribution in [0.25, 0.3) is 11.0 Å². The van der Waals surface area contributed by atoms with E-state index in [1.165, 1.54) is 0 Å². The molecule has 6 nitrogen and oxygen atoms in total. The zero-order valence-corrected chi connectivity index (χ0v) is 14.7. The van der Waals surface area contributed by atoms with Crippen LogP contribution in [0.3, 0.4) is 0 Å². The van der Waals surface area contributed by atoms with Crippen molar-refractivity contribution in [1.82, 2.24) is 25.6 Å². The molecule has 0 aliphatic carbocycles. The number of H-pyrrole nitrogens is 1. The molecule has 0 aliphatic rings. The first kappa shape index (κ1) is 16.4. The molecule has 0 spiro atoms. The Morgan fingerprint density at radius 1 is 1.21 bits per heavy atom. The number of thiazole rings is 1. The highest BCUT2D eigenvalue weighted by atomic mass is 32.1. The first-order chi connectivity index (χ1) is 11.6. The number of fused-ring (bicyclic) bond motifs is 1. The van der Waals surface area contributed by atoms with Crippen LogP contribution in [-0.2, 0) is 13.0 Å². The number of nitrogens with zero attached hydrogens (tertiary/aromatic N) is 2. The summed E-state index contributed by atoms with van der Waals surface area (Å²) in [5.41, 5.74) is 3.02. The van der Waals surface area contributed by atoms with Crippen molar-refractivity contribution in [2.45, 2.75) is 33.2 Å². The average molecular weight is 343 g/mol. The van der Waals surface area contributed by atoms with Crippen LogP contribution >= 0.6 is 11.3 Å². The van der Waals surface area contributed by atoms with Crippen molar-refractivity contribution < 1.29 is 4.79 Å². The van der Waals surface area contributed by atoms with E-state index in [1.54, 1.807) is 11.3 Å². The van der Waals surface area contributed by atoms with Gasteiger partial charge in [0.05, 0.1) is 28.3 Å². The summed E-state index contributed by atoms with van der Waals surface area (Å²) in [5.74, 6) is 0.953. The Hall–Kier alpha value is -2.41. The van der Waals surface area contributed by atoms with Crippen molar-refractivity contribution in [1.29, 1.82) is 0 Å². The van der Waals surface area contributed by atoms with E-state index in [4.69, 9.17) is 0 Å². The first-order valence-electron chi connectivity index (χ1n) is 8.00. The maximum atomic E-state index is 11.8. The third kappa shape index (κ3) is 4.11. The molecule has 1 aromatic carbocycles. The van der Waals surface area contributed by atoms with Gasteiger partial charge in [-0.2, -0.15) is 0 Å². The fraction of sp³-hybridized carbons (Fsp3) is 0.353. The predicted octanol–water partition coefficient (Wildman–Crippen LogP) is 3.07. The van der Waals surface area contributed by atoms with Crippen molar-refractivity contribution in [2.24, 2.45) is 0 Å². The molecule has 0 saturated carbocycles. The Morgan fingerprint density at radius 2 is 2.04 bits per heavy atom. The lowest BCUT2D eigenvalue weighted by Crippen LogP contribution is -2.35. The molecule has 2 heterocycles. The summed E-state index contributed by atoms with van der Waals surface area (Å²) < 4.78 is 0. The lowest BCUT2D eigenvalue weighted by Gasteiger charge is -2.06. The van der Waals surface area contributed by atoms with E-state index in [1.807, 2.05) is 38.1 Å². The van der Waals surface area contributed by atoms with Gasteiger partial charge in [0.1, 0.15) is 5.82 Å². The quantitative estimate of drug-likeness (QED) is 0.602. The number of carbonyl (C=O) groups excluding carboxylic acids is 1. The summed E-state index contributed by atoms with van der Waals surface area (Å²) in [6, 6.07) is 7.82. The van der Waals surface area contributed by atoms with E-state index in [0.717, 1.165) is 45.3 Å². The predicted molar refractivity (Wildman–Crippen MR) is 96.2 cm³/mol. The topological polar surface area (TPSA) is 82.7 Å². The normalized spacial score (nSPS) is 10.9. The van der Waals surface area contributed by atoms with Gasteiger partial charge in [-0.05, 0) is 32.4 Å². The third-order valence-electron chi connectivity index (χ3n) is 3.72. The summed E-state index contributed by atoms with van der Waals surface area (Å²) in [6.07, 6.45) is 1.65. The summed E-state index contributed by atoms with van der Waals surface area (Å²) in [7, 11) is 0. The van der Waals surface area contributed by atoms with Crippen LogP contribution in [0.2, 0.25) is 0 Å². The Labute approximate surface area is 144 Å². The molecule has 24 heavy (non-hydrogen) atoms. The molecule has 3 rings (SSSR count). The van der Waals surface area contributed by atoms with Gasteiger partial charge in [0, 0.05) is 17.8 Å². The number of benzene rings is 1. The van der Waals surface area contributed by atoms with Crippen molar-refractivity contribution >= 4 is 28.4 Å². The number of aromatic nitrogens is 3. The van der Waals surface area contributed by atoms with Crippen LogP contribution in [0, 0.1) is 13.8 Å². The molecule has 2 amide bonds. The fourth-order valence-corrected chi connectivity index (χ4v) is 3.42. The zero-order valence-electron chi connectivity index (χ0n) is 13.8. The number of hydrogen-bond acceptors (Lipinski definition) is 4. The smallest absolute Gasteiger partial charge is 0.315 e. The number of para-hydroxylation sites is 2. The maximum Gasteiger partial charge on any atom is 0.315 e. The van der Waals surface area contributed by atoms with E-state index < -0.39 is 0 Å². The Bertz CT molecular complexity index is 805. The second kappa shape index (κ2) is 7.44. The Balaban J connectivity index is 1.38. The number of hydrogen-bond donors (Lipinski definition) is 3. The van der Waals surface area contributed by atoms with E-state index in [9.17, 15) is 4.79 Å². The van der Waals surface area contributed by atoms with E-state index in [0.29, 0.717) is 13.1 Å². The second-order valence-corrected chi connectivity index (χ2v) is 6.94. The number of carbonyl (C=O) groups is 1. The van der Waals surface area contributed by atoms with Crippen molar-refractivity contribution in [3.8, 4) is 0 Å². The number of urea groups is 1. The minimum absolute atomic E-state index is 0.148. The van der Waals surface area contributed by atoms with Gasteiger partial charge in [0.25, 0.3) is 0 Å². The highest BCUT2D eigenvalue weighted by molar-refractivity contribution is 7.11. The van der Waals surface area contributed by atoms with Gasteiger partial charge in [-0.15, -0.1) is 11.3 Å². The molecule has 0 unspecified atom stereocenters. The largest absolute Gasteiger partial charge is 0.342 e. The maximum absolute atomic E-state index is 11.8. The lowest BCUT2D eigenvalue weighted by molar-refractivity contribution is 0.240. The summed E-state index contributed by atoms with van der Waals surface area (Å²) in [4.78, 5) is 25.1. The molecular formula is C17H21N5OS. The van der Waals surface area contributed by atoms with Crippen molar-refractivity contribution in [2.75, 3.05) is 6.54 Å². The highest BCUT2D eigenvalue weighted by Gasteiger charge is 2.07. The molecule has 0 atom stereocenters. The minimum atomic E-state index is -0.148. The van der Waals surface area contributed by atoms with Crippen LogP contribution in [0.4, 0.5) is 4.79 Å². The van der Waals surface area contributed by atoms with Gasteiger partial charge in [0.15, 0.2) is 0 Å². The second-order valence-electron chi connectivity index (χ2n) is 5.66. The minimum Gasteiger partial charge on any atom is -0.342 e. The molecule has 0 fully saturated rings. The summed E-state index contributed by atoms with van der Waals surface area (Å²) in [5, 5.41) is 6.77. The van der Waals surface area contributed by atoms with Crippen LogP contribution in [0.5, 0.6) is 0 Å². The molecule has 3 aromatic rings. The number of aryl methyl sites for hydroxylation is 3. The van der Waals surface area contributed by atoms with E-state index in [-0.39, 0.29) is 6.03 Å². The average Bonchev–Trinajstić information content (AvgIpc) is 3.11. The first-order valence-corrected chi connectivity index (χ1v) is 8.81. The van der Waals surface area contributed by atoms with Crippen LogP contribution in [0.15, 0.2) is 24.3 Å². The molecule has 0 saturated heterocycles. The monoisotopic (exact) mass is 343 g/mol. The SMILES string of the molecule is Cc1nc(C)c(CNC(=O)NCCCc2nc3ccccc3[nH]2)s1. The van der Waals surface area contributed by atoms with Crippen molar-refractivity contribution in [3.05, 3.63) is 45.7 Å². The standard InChI is InChI=1S/C17H21N5OS/c1-11-15(24-12(2)20-11)10-19-17(23)18-9-5-8-16-21-13-6-3-4-7-14(13)22-16/h3-4,6-7H,5,8-10H2,1-2H3,(H,21,22)(H2,18,19,23). The zero-order chi connectivity index (χ0) is 16.9. The third-order valence-corrected chi connectivity index (χ3v) is 4.80. The number of rotatable bonds is 6. The molecule has 7 heteroatoms. The van der Waals surface area contributed by atoms with Gasteiger partial charge in [-0.1, -0.05) is 12.1 Å². The van der Waals surface area contributed by atoms with Crippen LogP contribution in [-0.4, -0.2) is 27.5 Å². The molecule has 0 bridgehead atoms. The van der Waals surface area contributed by atoms with Crippen LogP contribution < -0.4 is 10.6 Å². The molecule has 0 radical (unpaired) electrons. The van der Waals surface area contributed by atoms with E-state index in [2.05, 4.69) is 25.6 Å². The molecule has 3 N–H and O–H groups in total. The van der Waals surface area contributed by atoms with Gasteiger partial charge in [0.2, 0.25) is 0 Å². The fourth-order valence-electron chi connectivity index (χ4n) is 2.54. The summed E-state index contributed by atoms with van der Waals surface area (Å²) in [6.45, 7) is 5.07. The Morgan fingerprint density at radius 3 is 2.79 bits per heavy atom. The summed E-state index contributed by atoms with van der Waals surface area (Å²) >= 11 is 1.62. The van der Waals surface area contributed by atoms with Gasteiger partial charge in [-0.3, -0.25) is 0 Å². The molecule has 2 aromatic heterocycles. The molecular weight excluding hydrogens is 322 g/mol. The number of amides is 2.